The highest BCUT2D eigenvalue weighted by Gasteiger charge is 2.24. The summed E-state index contributed by atoms with van der Waals surface area (Å²) in [5.74, 6) is 3.59. The molecule has 0 atom stereocenters. The molecule has 0 amide bonds. The molecule has 32 heavy (non-hydrogen) atoms. The lowest BCUT2D eigenvalue weighted by Crippen LogP contribution is -2.44. The highest BCUT2D eigenvalue weighted by atomic mass is 35.5. The van der Waals surface area contributed by atoms with Crippen molar-refractivity contribution in [1.82, 2.24) is 25.3 Å². The Morgan fingerprint density at radius 3 is 2.47 bits per heavy atom. The van der Waals surface area contributed by atoms with Crippen LogP contribution >= 0.6 is 23.4 Å². The molecule has 0 radical (unpaired) electrons. The maximum Gasteiger partial charge on any atom is 0.228 e. The van der Waals surface area contributed by atoms with Crippen molar-refractivity contribution in [2.75, 3.05) is 60.6 Å². The molecule has 2 aliphatic heterocycles. The number of halogens is 1. The minimum absolute atomic E-state index is 0.651. The number of benzene rings is 1. The molecule has 2 aromatic heterocycles. The summed E-state index contributed by atoms with van der Waals surface area (Å²) in [7, 11) is -0.758. The monoisotopic (exact) mass is 489 g/mol. The molecule has 5 rings (SSSR count). The molecule has 11 heteroatoms. The number of nitrogens with one attached hydrogen (secondary N) is 1. The van der Waals surface area contributed by atoms with Crippen LogP contribution in [0.2, 0.25) is 5.02 Å². The van der Waals surface area contributed by atoms with Gasteiger partial charge in [-0.05, 0) is 17.7 Å². The first kappa shape index (κ1) is 21.8. The minimum atomic E-state index is -0.758. The smallest absolute Gasteiger partial charge is 0.228 e. The van der Waals surface area contributed by atoms with Gasteiger partial charge in [0.1, 0.15) is 22.4 Å². The summed E-state index contributed by atoms with van der Waals surface area (Å²) in [6.07, 6.45) is 1.59. The summed E-state index contributed by atoms with van der Waals surface area (Å²) in [5, 5.41) is 4.95. The molecule has 168 valence electrons. The summed E-state index contributed by atoms with van der Waals surface area (Å²) in [5.41, 5.74) is 2.70. The first-order valence-electron chi connectivity index (χ1n) is 10.6. The third kappa shape index (κ3) is 4.83. The summed E-state index contributed by atoms with van der Waals surface area (Å²) < 4.78 is 11.9. The number of piperazine rings is 1. The zero-order chi connectivity index (χ0) is 21.9. The van der Waals surface area contributed by atoms with E-state index in [1.165, 1.54) is 5.56 Å². The average Bonchev–Trinajstić information content (AvgIpc) is 2.84. The van der Waals surface area contributed by atoms with E-state index in [9.17, 15) is 4.21 Å². The highest BCUT2D eigenvalue weighted by molar-refractivity contribution is 7.98. The van der Waals surface area contributed by atoms with Crippen LogP contribution in [0.3, 0.4) is 0 Å². The van der Waals surface area contributed by atoms with Gasteiger partial charge in [-0.15, -0.1) is 0 Å². The first-order valence-corrected chi connectivity index (χ1v) is 13.5. The fourth-order valence-electron chi connectivity index (χ4n) is 3.81. The van der Waals surface area contributed by atoms with Gasteiger partial charge >= 0.3 is 0 Å². The Bertz CT molecular complexity index is 1120. The first-order chi connectivity index (χ1) is 15.7. The van der Waals surface area contributed by atoms with Crippen molar-refractivity contribution < 1.29 is 4.21 Å². The highest BCUT2D eigenvalue weighted by Crippen LogP contribution is 2.32. The van der Waals surface area contributed by atoms with Gasteiger partial charge in [0, 0.05) is 72.3 Å². The molecule has 8 nitrogen and oxygen atoms in total. The normalized spacial score (nSPS) is 17.8. The molecule has 0 aliphatic carbocycles. The van der Waals surface area contributed by atoms with E-state index in [-0.39, 0.29) is 0 Å². The molecule has 2 fully saturated rings. The number of aromatic nitrogens is 4. The van der Waals surface area contributed by atoms with Crippen molar-refractivity contribution in [2.24, 2.45) is 0 Å². The van der Waals surface area contributed by atoms with Crippen molar-refractivity contribution in [3.05, 3.63) is 41.2 Å². The molecule has 3 aromatic rings. The van der Waals surface area contributed by atoms with E-state index in [1.54, 1.807) is 18.1 Å². The van der Waals surface area contributed by atoms with Crippen LogP contribution in [0.25, 0.3) is 11.0 Å². The second kappa shape index (κ2) is 9.86. The van der Waals surface area contributed by atoms with Crippen molar-refractivity contribution in [3.8, 4) is 0 Å². The van der Waals surface area contributed by atoms with Crippen LogP contribution in [0.5, 0.6) is 0 Å². The molecule has 0 bridgehead atoms. The Kier molecular flexibility index (Phi) is 6.72. The van der Waals surface area contributed by atoms with Gasteiger partial charge in [-0.3, -0.25) is 4.21 Å². The maximum absolute atomic E-state index is 11.9. The summed E-state index contributed by atoms with van der Waals surface area (Å²) >= 11 is 7.66. The van der Waals surface area contributed by atoms with Crippen LogP contribution in [0, 0.1) is 0 Å². The standard InChI is InChI=1S/C21H24ClN7OS2/c22-16-3-1-15(2-4-16)13-31-20-18-17(24-14-25-20)19(28-9-11-32(30)12-10-28)27-21(26-18)29-7-5-23-6-8-29/h1-4,14,23H,5-13H2. The molecular weight excluding hydrogens is 466 g/mol. The van der Waals surface area contributed by atoms with Gasteiger partial charge in [0.25, 0.3) is 0 Å². The second-order valence-electron chi connectivity index (χ2n) is 7.71. The van der Waals surface area contributed by atoms with Crippen molar-refractivity contribution in [3.63, 3.8) is 0 Å². The average molecular weight is 490 g/mol. The van der Waals surface area contributed by atoms with Gasteiger partial charge < -0.3 is 15.1 Å². The number of nitrogens with zero attached hydrogens (tertiary/aromatic N) is 6. The predicted molar refractivity (Wildman–Crippen MR) is 131 cm³/mol. The minimum Gasteiger partial charge on any atom is -0.353 e. The third-order valence-electron chi connectivity index (χ3n) is 5.58. The van der Waals surface area contributed by atoms with Crippen LogP contribution in [-0.2, 0) is 16.6 Å². The van der Waals surface area contributed by atoms with E-state index in [2.05, 4.69) is 25.1 Å². The Morgan fingerprint density at radius 2 is 1.72 bits per heavy atom. The van der Waals surface area contributed by atoms with E-state index < -0.39 is 10.8 Å². The Hall–Kier alpha value is -2.01. The van der Waals surface area contributed by atoms with Gasteiger partial charge in [0.05, 0.1) is 0 Å². The van der Waals surface area contributed by atoms with Crippen LogP contribution < -0.4 is 15.1 Å². The third-order valence-corrected chi connectivity index (χ3v) is 8.16. The van der Waals surface area contributed by atoms with Gasteiger partial charge in [0.2, 0.25) is 5.95 Å². The fourth-order valence-corrected chi connectivity index (χ4v) is 5.89. The summed E-state index contributed by atoms with van der Waals surface area (Å²) in [4.78, 5) is 23.4. The molecule has 1 N–H and O–H groups in total. The van der Waals surface area contributed by atoms with Crippen molar-refractivity contribution >= 4 is 57.0 Å². The van der Waals surface area contributed by atoms with E-state index >= 15 is 0 Å². The van der Waals surface area contributed by atoms with Gasteiger partial charge in [-0.1, -0.05) is 35.5 Å². The quantitative estimate of drug-likeness (QED) is 0.428. The van der Waals surface area contributed by atoms with Gasteiger partial charge in [-0.25, -0.2) is 15.0 Å². The Balaban J connectivity index is 1.53. The summed E-state index contributed by atoms with van der Waals surface area (Å²) in [6.45, 7) is 4.94. The van der Waals surface area contributed by atoms with Crippen molar-refractivity contribution in [1.29, 1.82) is 0 Å². The molecule has 2 saturated heterocycles. The SMILES string of the molecule is O=S1CCN(c2nc(N3CCNCC3)nc3c(SCc4ccc(Cl)cc4)ncnc23)CC1. The molecule has 0 spiro atoms. The number of fused-ring (bicyclic) bond motifs is 1. The number of anilines is 2. The summed E-state index contributed by atoms with van der Waals surface area (Å²) in [6, 6.07) is 7.86. The van der Waals surface area contributed by atoms with E-state index in [0.29, 0.717) is 30.5 Å². The topological polar surface area (TPSA) is 87.1 Å². The molecule has 2 aliphatic rings. The largest absolute Gasteiger partial charge is 0.353 e. The lowest BCUT2D eigenvalue weighted by atomic mass is 10.2. The lowest BCUT2D eigenvalue weighted by Gasteiger charge is -2.31. The lowest BCUT2D eigenvalue weighted by molar-refractivity contribution is 0.580. The molecule has 4 heterocycles. The number of hydrogen-bond acceptors (Lipinski definition) is 9. The predicted octanol–water partition coefficient (Wildman–Crippen LogP) is 2.34. The zero-order valence-corrected chi connectivity index (χ0v) is 19.9. The van der Waals surface area contributed by atoms with Gasteiger partial charge in [-0.2, -0.15) is 4.98 Å². The second-order valence-corrected chi connectivity index (χ2v) is 10.8. The number of hydrogen-bond donors (Lipinski definition) is 1. The molecule has 0 saturated carbocycles. The Labute approximate surface area is 198 Å². The van der Waals surface area contributed by atoms with Crippen LogP contribution in [0.15, 0.2) is 35.6 Å². The maximum atomic E-state index is 11.9. The van der Waals surface area contributed by atoms with Crippen LogP contribution in [0.1, 0.15) is 5.56 Å². The molecule has 1 aromatic carbocycles. The fraction of sp³-hybridized carbons (Fsp3) is 0.429. The van der Waals surface area contributed by atoms with Crippen LogP contribution in [0.4, 0.5) is 11.8 Å². The van der Waals surface area contributed by atoms with E-state index in [0.717, 1.165) is 58.8 Å². The van der Waals surface area contributed by atoms with Gasteiger partial charge in [0.15, 0.2) is 5.82 Å². The van der Waals surface area contributed by atoms with E-state index in [1.807, 2.05) is 24.3 Å². The number of thioether (sulfide) groups is 1. The van der Waals surface area contributed by atoms with Crippen molar-refractivity contribution in [2.45, 2.75) is 10.8 Å². The van der Waals surface area contributed by atoms with E-state index in [4.69, 9.17) is 21.6 Å². The van der Waals surface area contributed by atoms with Crippen LogP contribution in [-0.4, -0.2) is 74.9 Å². The molecular formula is C21H24ClN7OS2. The Morgan fingerprint density at radius 1 is 0.969 bits per heavy atom. The number of rotatable bonds is 5. The molecule has 0 unspecified atom stereocenters. The zero-order valence-electron chi connectivity index (χ0n) is 17.5.